The van der Waals surface area contributed by atoms with Crippen LogP contribution in [-0.2, 0) is 0 Å². The van der Waals surface area contributed by atoms with Crippen molar-refractivity contribution < 1.29 is 0 Å². The van der Waals surface area contributed by atoms with Crippen LogP contribution in [0.15, 0.2) is 29.2 Å². The molecule has 0 aromatic heterocycles. The molecule has 1 aromatic rings. The Kier molecular flexibility index (Phi) is 6.57. The molecule has 0 atom stereocenters. The second-order valence-electron chi connectivity index (χ2n) is 3.09. The van der Waals surface area contributed by atoms with Crippen LogP contribution in [-0.4, -0.2) is 11.5 Å². The van der Waals surface area contributed by atoms with Gasteiger partial charge in [-0.2, -0.15) is 12.6 Å². The largest absolute Gasteiger partial charge is 0.179 e. The van der Waals surface area contributed by atoms with E-state index in [4.69, 9.17) is 11.6 Å². The minimum absolute atomic E-state index is 0.824. The van der Waals surface area contributed by atoms with Crippen molar-refractivity contribution in [1.82, 2.24) is 0 Å². The second-order valence-corrected chi connectivity index (χ2v) is 5.14. The summed E-state index contributed by atoms with van der Waals surface area (Å²) in [5, 5.41) is 0.824. The van der Waals surface area contributed by atoms with E-state index in [1.54, 1.807) is 0 Å². The van der Waals surface area contributed by atoms with Crippen molar-refractivity contribution in [2.75, 3.05) is 11.5 Å². The van der Waals surface area contributed by atoms with Gasteiger partial charge in [-0.15, -0.1) is 11.8 Å². The average Bonchev–Trinajstić information content (AvgIpc) is 2.18. The van der Waals surface area contributed by atoms with Crippen LogP contribution in [0.2, 0.25) is 5.02 Å². The van der Waals surface area contributed by atoms with Crippen molar-refractivity contribution in [3.63, 3.8) is 0 Å². The molecule has 3 heteroatoms. The molecule has 0 heterocycles. The number of halogens is 1. The molecule has 0 fully saturated rings. The molecule has 0 saturated carbocycles. The summed E-state index contributed by atoms with van der Waals surface area (Å²) in [6.07, 6.45) is 3.76. The lowest BCUT2D eigenvalue weighted by Crippen LogP contribution is -1.82. The average molecular weight is 247 g/mol. The lowest BCUT2D eigenvalue weighted by molar-refractivity contribution is 0.787. The van der Waals surface area contributed by atoms with E-state index in [2.05, 4.69) is 18.7 Å². The van der Waals surface area contributed by atoms with Gasteiger partial charge in [0.15, 0.2) is 0 Å². The first-order chi connectivity index (χ1) is 6.83. The third-order valence-electron chi connectivity index (χ3n) is 1.87. The number of benzene rings is 1. The van der Waals surface area contributed by atoms with Crippen molar-refractivity contribution in [1.29, 1.82) is 0 Å². The molecule has 0 saturated heterocycles. The predicted molar refractivity (Wildman–Crippen MR) is 69.9 cm³/mol. The number of hydrogen-bond acceptors (Lipinski definition) is 2. The summed E-state index contributed by atoms with van der Waals surface area (Å²) in [7, 11) is 0. The van der Waals surface area contributed by atoms with Gasteiger partial charge in [0, 0.05) is 9.92 Å². The van der Waals surface area contributed by atoms with Crippen molar-refractivity contribution in [3.8, 4) is 0 Å². The molecule has 0 N–H and O–H groups in total. The monoisotopic (exact) mass is 246 g/mol. The number of rotatable bonds is 6. The number of thioether (sulfide) groups is 1. The van der Waals surface area contributed by atoms with Gasteiger partial charge in [-0.05, 0) is 42.5 Å². The van der Waals surface area contributed by atoms with Crippen molar-refractivity contribution in [2.24, 2.45) is 0 Å². The van der Waals surface area contributed by atoms with Crippen LogP contribution in [0.3, 0.4) is 0 Å². The first kappa shape index (κ1) is 12.3. The first-order valence-corrected chi connectivity index (χ1v) is 6.82. The van der Waals surface area contributed by atoms with Crippen LogP contribution in [0.4, 0.5) is 0 Å². The summed E-state index contributed by atoms with van der Waals surface area (Å²) in [5.74, 6) is 2.18. The fourth-order valence-corrected chi connectivity index (χ4v) is 2.59. The Balaban J connectivity index is 2.18. The minimum Gasteiger partial charge on any atom is -0.179 e. The van der Waals surface area contributed by atoms with E-state index in [9.17, 15) is 0 Å². The van der Waals surface area contributed by atoms with Crippen LogP contribution in [0, 0.1) is 0 Å². The SMILES string of the molecule is SCCCCCSc1cccc(Cl)c1. The molecule has 0 spiro atoms. The van der Waals surface area contributed by atoms with Gasteiger partial charge in [0.2, 0.25) is 0 Å². The van der Waals surface area contributed by atoms with Crippen LogP contribution < -0.4 is 0 Å². The Morgan fingerprint density at radius 3 is 2.79 bits per heavy atom. The van der Waals surface area contributed by atoms with E-state index in [-0.39, 0.29) is 0 Å². The molecule has 0 amide bonds. The normalized spacial score (nSPS) is 10.4. The summed E-state index contributed by atoms with van der Waals surface area (Å²) >= 11 is 11.9. The molecular formula is C11H15ClS2. The van der Waals surface area contributed by atoms with Gasteiger partial charge in [-0.1, -0.05) is 24.1 Å². The van der Waals surface area contributed by atoms with Gasteiger partial charge in [0.1, 0.15) is 0 Å². The maximum atomic E-state index is 5.88. The minimum atomic E-state index is 0.824. The molecular weight excluding hydrogens is 232 g/mol. The fraction of sp³-hybridized carbons (Fsp3) is 0.455. The molecule has 1 aromatic carbocycles. The Morgan fingerprint density at radius 2 is 2.07 bits per heavy atom. The van der Waals surface area contributed by atoms with Gasteiger partial charge < -0.3 is 0 Å². The molecule has 0 bridgehead atoms. The van der Waals surface area contributed by atoms with Gasteiger partial charge in [-0.3, -0.25) is 0 Å². The Hall–Kier alpha value is 0.210. The van der Waals surface area contributed by atoms with E-state index in [0.717, 1.165) is 10.8 Å². The van der Waals surface area contributed by atoms with Crippen molar-refractivity contribution in [2.45, 2.75) is 24.2 Å². The van der Waals surface area contributed by atoms with Crippen molar-refractivity contribution >= 4 is 36.0 Å². The van der Waals surface area contributed by atoms with Crippen LogP contribution in [0.1, 0.15) is 19.3 Å². The Bertz CT molecular complexity index is 263. The predicted octanol–water partition coefficient (Wildman–Crippen LogP) is 4.53. The molecule has 0 unspecified atom stereocenters. The Labute approximate surface area is 101 Å². The number of thiol groups is 1. The summed E-state index contributed by atoms with van der Waals surface area (Å²) in [6, 6.07) is 8.03. The molecule has 0 nitrogen and oxygen atoms in total. The maximum absolute atomic E-state index is 5.88. The maximum Gasteiger partial charge on any atom is 0.0417 e. The van der Waals surface area contributed by atoms with Crippen LogP contribution >= 0.6 is 36.0 Å². The van der Waals surface area contributed by atoms with E-state index < -0.39 is 0 Å². The lowest BCUT2D eigenvalue weighted by atomic mass is 10.3. The highest BCUT2D eigenvalue weighted by Crippen LogP contribution is 2.22. The highest BCUT2D eigenvalue weighted by Gasteiger charge is 1.94. The fourth-order valence-electron chi connectivity index (χ4n) is 1.14. The van der Waals surface area contributed by atoms with Gasteiger partial charge in [0.05, 0.1) is 0 Å². The zero-order chi connectivity index (χ0) is 10.2. The summed E-state index contributed by atoms with van der Waals surface area (Å²) in [6.45, 7) is 0. The van der Waals surface area contributed by atoms with Gasteiger partial charge >= 0.3 is 0 Å². The van der Waals surface area contributed by atoms with Gasteiger partial charge in [-0.25, -0.2) is 0 Å². The zero-order valence-electron chi connectivity index (χ0n) is 8.08. The van der Waals surface area contributed by atoms with Crippen LogP contribution in [0.5, 0.6) is 0 Å². The molecule has 0 aliphatic rings. The third kappa shape index (κ3) is 5.18. The quantitative estimate of drug-likeness (QED) is 0.437. The first-order valence-electron chi connectivity index (χ1n) is 4.82. The van der Waals surface area contributed by atoms with E-state index >= 15 is 0 Å². The topological polar surface area (TPSA) is 0 Å². The number of unbranched alkanes of at least 4 members (excludes halogenated alkanes) is 2. The zero-order valence-corrected chi connectivity index (χ0v) is 10.5. The highest BCUT2D eigenvalue weighted by atomic mass is 35.5. The highest BCUT2D eigenvalue weighted by molar-refractivity contribution is 7.99. The van der Waals surface area contributed by atoms with E-state index in [1.807, 2.05) is 30.0 Å². The van der Waals surface area contributed by atoms with E-state index in [0.29, 0.717) is 0 Å². The standard InChI is InChI=1S/C11H15ClS2/c12-10-5-4-6-11(9-10)14-8-3-1-2-7-13/h4-6,9,13H,1-3,7-8H2. The smallest absolute Gasteiger partial charge is 0.0417 e. The van der Waals surface area contributed by atoms with E-state index in [1.165, 1.54) is 29.9 Å². The third-order valence-corrected chi connectivity index (χ3v) is 3.50. The molecule has 0 radical (unpaired) electrons. The van der Waals surface area contributed by atoms with Crippen LogP contribution in [0.25, 0.3) is 0 Å². The summed E-state index contributed by atoms with van der Waals surface area (Å²) < 4.78 is 0. The molecule has 1 rings (SSSR count). The summed E-state index contributed by atoms with van der Waals surface area (Å²) in [4.78, 5) is 1.27. The van der Waals surface area contributed by atoms with Crippen molar-refractivity contribution in [3.05, 3.63) is 29.3 Å². The molecule has 78 valence electrons. The Morgan fingerprint density at radius 1 is 1.21 bits per heavy atom. The molecule has 14 heavy (non-hydrogen) atoms. The molecule has 0 aliphatic carbocycles. The molecule has 0 aliphatic heterocycles. The lowest BCUT2D eigenvalue weighted by Gasteiger charge is -2.01. The second kappa shape index (κ2) is 7.49. The number of hydrogen-bond donors (Lipinski definition) is 1. The van der Waals surface area contributed by atoms with Gasteiger partial charge in [0.25, 0.3) is 0 Å². The summed E-state index contributed by atoms with van der Waals surface area (Å²) in [5.41, 5.74) is 0.